The van der Waals surface area contributed by atoms with E-state index in [1.165, 1.54) is 7.05 Å². The fourth-order valence-electron chi connectivity index (χ4n) is 0.534. The summed E-state index contributed by atoms with van der Waals surface area (Å²) in [6.45, 7) is 0. The van der Waals surface area contributed by atoms with Crippen molar-refractivity contribution in [2.45, 2.75) is 0 Å². The quantitative estimate of drug-likeness (QED) is 0.427. The minimum absolute atomic E-state index is 0.0263. The summed E-state index contributed by atoms with van der Waals surface area (Å²) in [7, 11) is 1.45. The molecule has 0 saturated heterocycles. The van der Waals surface area contributed by atoms with Crippen molar-refractivity contribution in [1.82, 2.24) is 0 Å². The molecule has 0 spiro atoms. The highest BCUT2D eigenvalue weighted by Gasteiger charge is 2.10. The highest BCUT2D eigenvalue weighted by atomic mass is 16.3. The van der Waals surface area contributed by atoms with Gasteiger partial charge in [0.15, 0.2) is 5.84 Å². The van der Waals surface area contributed by atoms with E-state index in [0.717, 1.165) is 6.21 Å². The van der Waals surface area contributed by atoms with Crippen LogP contribution in [0, 0.1) is 5.41 Å². The highest BCUT2D eigenvalue weighted by Crippen LogP contribution is 1.93. The number of amidine groups is 2. The second kappa shape index (κ2) is 3.46. The summed E-state index contributed by atoms with van der Waals surface area (Å²) in [4.78, 5) is 6.99. The Hall–Kier alpha value is -1.92. The first-order valence-corrected chi connectivity index (χ1v) is 3.01. The molecule has 2 N–H and O–H groups in total. The van der Waals surface area contributed by atoms with Gasteiger partial charge in [0, 0.05) is 0 Å². The maximum absolute atomic E-state index is 8.77. The second-order valence-electron chi connectivity index (χ2n) is 1.79. The van der Waals surface area contributed by atoms with E-state index in [1.54, 1.807) is 0 Å². The average molecular weight is 166 g/mol. The zero-order valence-electron chi connectivity index (χ0n) is 6.26. The van der Waals surface area contributed by atoms with Crippen molar-refractivity contribution in [3.8, 4) is 0 Å². The molecule has 0 aromatic rings. The molecule has 0 aromatic carbocycles. The van der Waals surface area contributed by atoms with Crippen LogP contribution in [0.15, 0.2) is 25.4 Å². The van der Waals surface area contributed by atoms with E-state index >= 15 is 0 Å². The summed E-state index contributed by atoms with van der Waals surface area (Å²) in [5, 5.41) is 26.0. The third kappa shape index (κ3) is 1.78. The lowest BCUT2D eigenvalue weighted by atomic mass is 10.5. The topological polar surface area (TPSA) is 106 Å². The molecule has 7 heteroatoms. The van der Waals surface area contributed by atoms with Gasteiger partial charge in [0.25, 0.3) is 0 Å². The van der Waals surface area contributed by atoms with Crippen LogP contribution < -0.4 is 0 Å². The van der Waals surface area contributed by atoms with Crippen molar-refractivity contribution in [3.05, 3.63) is 0 Å². The van der Waals surface area contributed by atoms with Crippen molar-refractivity contribution in [2.75, 3.05) is 7.05 Å². The first kappa shape index (κ1) is 8.18. The number of aliphatic hydroxyl groups is 1. The number of hydrogen-bond acceptors (Lipinski definition) is 3. The van der Waals surface area contributed by atoms with E-state index in [1.807, 2.05) is 0 Å². The summed E-state index contributed by atoms with van der Waals surface area (Å²) < 4.78 is 0. The molecule has 0 radical (unpaired) electrons. The van der Waals surface area contributed by atoms with Gasteiger partial charge < -0.3 is 5.11 Å². The first-order valence-electron chi connectivity index (χ1n) is 3.01. The smallest absolute Gasteiger partial charge is 0.232 e. The lowest BCUT2D eigenvalue weighted by Crippen LogP contribution is -2.17. The van der Waals surface area contributed by atoms with Gasteiger partial charge in [0.05, 0.1) is 13.3 Å². The molecule has 1 heterocycles. The van der Waals surface area contributed by atoms with E-state index in [0.29, 0.717) is 0 Å². The van der Waals surface area contributed by atoms with Gasteiger partial charge in [0.2, 0.25) is 11.7 Å². The molecule has 0 bridgehead atoms. The molecule has 12 heavy (non-hydrogen) atoms. The zero-order valence-corrected chi connectivity index (χ0v) is 6.26. The Labute approximate surface area is 67.8 Å². The SMILES string of the molecule is C/N=N\N=C1\N=CC(O)=NC1=N. The fourth-order valence-corrected chi connectivity index (χ4v) is 0.534. The van der Waals surface area contributed by atoms with Crippen LogP contribution in [-0.4, -0.2) is 35.9 Å². The predicted octanol–water partition coefficient (Wildman–Crippen LogP) is 0.400. The van der Waals surface area contributed by atoms with Crippen LogP contribution in [0.1, 0.15) is 0 Å². The molecule has 0 aliphatic carbocycles. The van der Waals surface area contributed by atoms with Gasteiger partial charge in [-0.1, -0.05) is 0 Å². The van der Waals surface area contributed by atoms with E-state index in [4.69, 9.17) is 10.5 Å². The zero-order chi connectivity index (χ0) is 8.97. The number of aliphatic imine (C=N–C) groups is 2. The maximum atomic E-state index is 8.77. The van der Waals surface area contributed by atoms with Gasteiger partial charge in [-0.3, -0.25) is 5.41 Å². The number of hydrogen-bond donors (Lipinski definition) is 2. The molecular weight excluding hydrogens is 160 g/mol. The van der Waals surface area contributed by atoms with Gasteiger partial charge in [-0.2, -0.15) is 10.1 Å². The third-order valence-electron chi connectivity index (χ3n) is 0.969. The van der Waals surface area contributed by atoms with E-state index in [2.05, 4.69) is 25.4 Å². The molecule has 0 atom stereocenters. The Morgan fingerprint density at radius 2 is 2.33 bits per heavy atom. The van der Waals surface area contributed by atoms with Crippen molar-refractivity contribution in [3.63, 3.8) is 0 Å². The molecule has 62 valence electrons. The predicted molar refractivity (Wildman–Crippen MR) is 44.5 cm³/mol. The molecule has 7 nitrogen and oxygen atoms in total. The maximum Gasteiger partial charge on any atom is 0.232 e. The molecule has 1 aliphatic heterocycles. The van der Waals surface area contributed by atoms with E-state index in [-0.39, 0.29) is 17.6 Å². The lowest BCUT2D eigenvalue weighted by Gasteiger charge is -2.00. The Morgan fingerprint density at radius 3 is 2.92 bits per heavy atom. The van der Waals surface area contributed by atoms with Crippen molar-refractivity contribution in [2.24, 2.45) is 25.4 Å². The molecule has 0 amide bonds. The summed E-state index contributed by atoms with van der Waals surface area (Å²) >= 11 is 0. The summed E-state index contributed by atoms with van der Waals surface area (Å²) in [5.41, 5.74) is 0. The molecule has 0 fully saturated rings. The van der Waals surface area contributed by atoms with Crippen LogP contribution in [-0.2, 0) is 0 Å². The molecular formula is C5H6N6O. The molecule has 1 rings (SSSR count). The van der Waals surface area contributed by atoms with Crippen LogP contribution in [0.25, 0.3) is 0 Å². The van der Waals surface area contributed by atoms with Gasteiger partial charge >= 0.3 is 0 Å². The Balaban J connectivity index is 2.86. The standard InChI is InChI=1S/C5H6N6O/c1-7-11-10-5-4(6)9-3(12)2-8-5/h2H,1H3,(H2,6,9,12)/b10-5+,11-7-. The van der Waals surface area contributed by atoms with Crippen LogP contribution in [0.2, 0.25) is 0 Å². The molecule has 1 aliphatic rings. The lowest BCUT2D eigenvalue weighted by molar-refractivity contribution is 0.566. The number of nitrogens with one attached hydrogen (secondary N) is 1. The molecule has 0 unspecified atom stereocenters. The highest BCUT2D eigenvalue weighted by molar-refractivity contribution is 6.49. The Bertz CT molecular complexity index is 312. The van der Waals surface area contributed by atoms with E-state index in [9.17, 15) is 0 Å². The number of rotatable bonds is 1. The summed E-state index contributed by atoms with van der Waals surface area (Å²) in [6, 6.07) is 0. The van der Waals surface area contributed by atoms with Crippen LogP contribution >= 0.6 is 0 Å². The van der Waals surface area contributed by atoms with Crippen LogP contribution in [0.3, 0.4) is 0 Å². The third-order valence-corrected chi connectivity index (χ3v) is 0.969. The summed E-state index contributed by atoms with van der Waals surface area (Å²) in [6.07, 6.45) is 1.09. The van der Waals surface area contributed by atoms with Crippen molar-refractivity contribution in [1.29, 1.82) is 5.41 Å². The average Bonchev–Trinajstić information content (AvgIpc) is 2.03. The van der Waals surface area contributed by atoms with E-state index < -0.39 is 0 Å². The Morgan fingerprint density at radius 1 is 1.58 bits per heavy atom. The second-order valence-corrected chi connectivity index (χ2v) is 1.79. The minimum atomic E-state index is -0.313. The van der Waals surface area contributed by atoms with Crippen LogP contribution in [0.4, 0.5) is 0 Å². The minimum Gasteiger partial charge on any atom is -0.492 e. The van der Waals surface area contributed by atoms with Crippen molar-refractivity contribution >= 4 is 23.8 Å². The summed E-state index contributed by atoms with van der Waals surface area (Å²) in [5.74, 6) is -0.520. The molecule has 0 aromatic heterocycles. The molecule has 0 saturated carbocycles. The largest absolute Gasteiger partial charge is 0.492 e. The number of aliphatic hydroxyl groups excluding tert-OH is 1. The monoisotopic (exact) mass is 166 g/mol. The Kier molecular flexibility index (Phi) is 2.36. The van der Waals surface area contributed by atoms with Gasteiger partial charge in [-0.25, -0.2) is 4.99 Å². The number of nitrogens with zero attached hydrogens (tertiary/aromatic N) is 5. The first-order chi connectivity index (χ1) is 5.74. The normalized spacial score (nSPS) is 20.6. The van der Waals surface area contributed by atoms with Crippen LogP contribution in [0.5, 0.6) is 0 Å². The van der Waals surface area contributed by atoms with Gasteiger partial charge in [-0.15, -0.1) is 5.10 Å². The van der Waals surface area contributed by atoms with Crippen molar-refractivity contribution < 1.29 is 5.11 Å². The van der Waals surface area contributed by atoms with Gasteiger partial charge in [0.1, 0.15) is 0 Å². The fraction of sp³-hybridized carbons (Fsp3) is 0.200. The van der Waals surface area contributed by atoms with Gasteiger partial charge in [-0.05, 0) is 5.22 Å².